The number of hydrogen-bond donors (Lipinski definition) is 0. The first-order valence-electron chi connectivity index (χ1n) is 2.90. The van der Waals surface area contributed by atoms with Crippen molar-refractivity contribution in [1.82, 2.24) is 0 Å². The summed E-state index contributed by atoms with van der Waals surface area (Å²) in [4.78, 5) is 0. The fourth-order valence-corrected chi connectivity index (χ4v) is 1.79. The first-order chi connectivity index (χ1) is 4.47. The average molecular weight is 133 g/mol. The van der Waals surface area contributed by atoms with Gasteiger partial charge in [0.2, 0.25) is 0 Å². The second-order valence-corrected chi connectivity index (χ2v) is 2.83. The van der Waals surface area contributed by atoms with Gasteiger partial charge in [-0.05, 0) is 16.6 Å². The van der Waals surface area contributed by atoms with Gasteiger partial charge in [0.1, 0.15) is 0 Å². The van der Waals surface area contributed by atoms with Gasteiger partial charge >= 0.3 is 0 Å². The zero-order chi connectivity index (χ0) is 6.10. The minimum absolute atomic E-state index is 0.771. The molecule has 0 nitrogen and oxygen atoms in total. The lowest BCUT2D eigenvalue weighted by atomic mass is 10.2. The third kappa shape index (κ3) is 0.760. The van der Waals surface area contributed by atoms with E-state index in [1.807, 2.05) is 0 Å². The Bertz CT molecular complexity index is 279. The van der Waals surface area contributed by atoms with Crippen molar-refractivity contribution in [2.75, 3.05) is 0 Å². The lowest BCUT2D eigenvalue weighted by Crippen LogP contribution is -1.57. The molecule has 0 aliphatic rings. The van der Waals surface area contributed by atoms with Crippen LogP contribution in [0.5, 0.6) is 0 Å². The van der Waals surface area contributed by atoms with Crippen LogP contribution >= 0.6 is 8.19 Å². The first-order valence-corrected chi connectivity index (χ1v) is 3.98. The highest BCUT2D eigenvalue weighted by Gasteiger charge is 1.87. The van der Waals surface area contributed by atoms with Crippen LogP contribution in [-0.2, 0) is 0 Å². The SMILES string of the molecule is [c]1[pH]cc2ccccc12. The van der Waals surface area contributed by atoms with E-state index >= 15 is 0 Å². The molecule has 1 heteroatoms. The van der Waals surface area contributed by atoms with Crippen LogP contribution < -0.4 is 0 Å². The highest BCUT2D eigenvalue weighted by Crippen LogP contribution is 2.19. The normalized spacial score (nSPS) is 10.2. The van der Waals surface area contributed by atoms with Crippen molar-refractivity contribution in [2.24, 2.45) is 0 Å². The molecule has 0 aliphatic heterocycles. The van der Waals surface area contributed by atoms with E-state index < -0.39 is 0 Å². The number of benzene rings is 1. The van der Waals surface area contributed by atoms with E-state index in [0.717, 1.165) is 8.19 Å². The van der Waals surface area contributed by atoms with Gasteiger partial charge in [-0.15, -0.1) is 8.19 Å². The Hall–Kier alpha value is -0.740. The summed E-state index contributed by atoms with van der Waals surface area (Å²) in [6.07, 6.45) is 0. The number of hydrogen-bond acceptors (Lipinski definition) is 0. The molecule has 0 spiro atoms. The summed E-state index contributed by atoms with van der Waals surface area (Å²) in [5.41, 5.74) is 0. The molecule has 0 amide bonds. The third-order valence-electron chi connectivity index (χ3n) is 1.40. The zero-order valence-electron chi connectivity index (χ0n) is 4.89. The molecule has 1 atom stereocenters. The lowest BCUT2D eigenvalue weighted by Gasteiger charge is -1.82. The predicted molar refractivity (Wildman–Crippen MR) is 42.3 cm³/mol. The van der Waals surface area contributed by atoms with Crippen LogP contribution in [0.1, 0.15) is 0 Å². The molecule has 1 aromatic carbocycles. The molecule has 1 heterocycles. The zero-order valence-corrected chi connectivity index (χ0v) is 5.89. The second kappa shape index (κ2) is 1.89. The summed E-state index contributed by atoms with van der Waals surface area (Å²) in [5.74, 6) is 5.49. The van der Waals surface area contributed by atoms with Gasteiger partial charge in [0.15, 0.2) is 0 Å². The molecule has 0 fully saturated rings. The van der Waals surface area contributed by atoms with Crippen molar-refractivity contribution in [3.05, 3.63) is 35.9 Å². The molecule has 43 valence electrons. The van der Waals surface area contributed by atoms with E-state index in [-0.39, 0.29) is 0 Å². The quantitative estimate of drug-likeness (QED) is 0.518. The van der Waals surface area contributed by atoms with Crippen molar-refractivity contribution >= 4 is 19.0 Å². The Kier molecular flexibility index (Phi) is 1.07. The van der Waals surface area contributed by atoms with Gasteiger partial charge in [0.25, 0.3) is 0 Å². The van der Waals surface area contributed by atoms with E-state index in [2.05, 4.69) is 35.9 Å². The molecule has 0 N–H and O–H groups in total. The monoisotopic (exact) mass is 133 g/mol. The molecule has 0 saturated heterocycles. The number of rotatable bonds is 0. The maximum Gasteiger partial charge on any atom is 0.0104 e. The van der Waals surface area contributed by atoms with Crippen LogP contribution in [-0.4, -0.2) is 0 Å². The fourth-order valence-electron chi connectivity index (χ4n) is 0.928. The maximum atomic E-state index is 3.27. The van der Waals surface area contributed by atoms with Crippen LogP contribution in [0, 0.1) is 5.80 Å². The van der Waals surface area contributed by atoms with Crippen molar-refractivity contribution in [3.63, 3.8) is 0 Å². The predicted octanol–water partition coefficient (Wildman–Crippen LogP) is 2.67. The first kappa shape index (κ1) is 5.08. The van der Waals surface area contributed by atoms with Crippen molar-refractivity contribution < 1.29 is 0 Å². The molecule has 0 aliphatic carbocycles. The van der Waals surface area contributed by atoms with Crippen LogP contribution in [0.2, 0.25) is 0 Å². The largest absolute Gasteiger partial charge is 0.130 e. The number of fused-ring (bicyclic) bond motifs is 1. The highest BCUT2D eigenvalue weighted by molar-refractivity contribution is 7.29. The Morgan fingerprint density at radius 3 is 3.00 bits per heavy atom. The minimum atomic E-state index is 0.771. The molecular formula is C8H6P. The summed E-state index contributed by atoms with van der Waals surface area (Å²) in [5, 5.41) is 2.62. The second-order valence-electron chi connectivity index (χ2n) is 2.00. The molecule has 9 heavy (non-hydrogen) atoms. The minimum Gasteiger partial charge on any atom is -0.130 e. The van der Waals surface area contributed by atoms with E-state index in [0.29, 0.717) is 0 Å². The molecule has 1 unspecified atom stereocenters. The lowest BCUT2D eigenvalue weighted by molar-refractivity contribution is 1.84. The van der Waals surface area contributed by atoms with Gasteiger partial charge in [0, 0.05) is 5.80 Å². The third-order valence-corrected chi connectivity index (χ3v) is 2.26. The molecule has 2 rings (SSSR count). The fraction of sp³-hybridized carbons (Fsp3) is 0. The van der Waals surface area contributed by atoms with Gasteiger partial charge in [-0.2, -0.15) is 0 Å². The summed E-state index contributed by atoms with van der Waals surface area (Å²) in [6.45, 7) is 0. The summed E-state index contributed by atoms with van der Waals surface area (Å²) in [7, 11) is 0.771. The standard InChI is InChI=1S/C8H6P/c1-2-4-8-6-9-5-7(8)3-1/h1-5,9H. The molecule has 1 radical (unpaired) electrons. The van der Waals surface area contributed by atoms with E-state index in [9.17, 15) is 0 Å². The Labute approximate surface area is 55.6 Å². The van der Waals surface area contributed by atoms with Crippen LogP contribution in [0.25, 0.3) is 10.8 Å². The Balaban J connectivity index is 2.95. The van der Waals surface area contributed by atoms with Crippen molar-refractivity contribution in [3.8, 4) is 0 Å². The summed E-state index contributed by atoms with van der Waals surface area (Å²) in [6, 6.07) is 8.34. The maximum absolute atomic E-state index is 3.27. The summed E-state index contributed by atoms with van der Waals surface area (Å²) >= 11 is 0. The molecule has 2 aromatic rings. The molecular weight excluding hydrogens is 127 g/mol. The smallest absolute Gasteiger partial charge is 0.0104 e. The molecule has 0 saturated carbocycles. The van der Waals surface area contributed by atoms with Crippen LogP contribution in [0.4, 0.5) is 0 Å². The molecule has 0 bridgehead atoms. The van der Waals surface area contributed by atoms with Crippen LogP contribution in [0.3, 0.4) is 0 Å². The van der Waals surface area contributed by atoms with Crippen LogP contribution in [0.15, 0.2) is 30.1 Å². The Morgan fingerprint density at radius 2 is 2.11 bits per heavy atom. The van der Waals surface area contributed by atoms with E-state index in [1.165, 1.54) is 10.8 Å². The molecule has 1 aromatic heterocycles. The topological polar surface area (TPSA) is 0 Å². The van der Waals surface area contributed by atoms with Gasteiger partial charge in [-0.25, -0.2) is 0 Å². The van der Waals surface area contributed by atoms with Crippen molar-refractivity contribution in [1.29, 1.82) is 0 Å². The highest BCUT2D eigenvalue weighted by atomic mass is 31.0. The van der Waals surface area contributed by atoms with Crippen molar-refractivity contribution in [2.45, 2.75) is 0 Å². The van der Waals surface area contributed by atoms with Gasteiger partial charge in [-0.3, -0.25) is 0 Å². The van der Waals surface area contributed by atoms with Gasteiger partial charge < -0.3 is 0 Å². The van der Waals surface area contributed by atoms with Gasteiger partial charge in [0.05, 0.1) is 0 Å². The van der Waals surface area contributed by atoms with E-state index in [1.54, 1.807) is 0 Å². The van der Waals surface area contributed by atoms with E-state index in [4.69, 9.17) is 0 Å². The van der Waals surface area contributed by atoms with Gasteiger partial charge in [-0.1, -0.05) is 24.3 Å². The summed E-state index contributed by atoms with van der Waals surface area (Å²) < 4.78 is 0. The Morgan fingerprint density at radius 1 is 1.22 bits per heavy atom. The average Bonchev–Trinajstić information content (AvgIpc) is 2.33.